The van der Waals surface area contributed by atoms with Gasteiger partial charge in [0.2, 0.25) is 0 Å². The van der Waals surface area contributed by atoms with E-state index in [9.17, 15) is 52.7 Å². The summed E-state index contributed by atoms with van der Waals surface area (Å²) in [5.41, 5.74) is -16.8. The van der Waals surface area contributed by atoms with Crippen molar-refractivity contribution in [3.05, 3.63) is 0 Å². The number of hydrogen-bond acceptors (Lipinski definition) is 4. The van der Waals surface area contributed by atoms with E-state index >= 15 is 0 Å². The van der Waals surface area contributed by atoms with E-state index < -0.39 is 61.1 Å². The van der Waals surface area contributed by atoms with Crippen LogP contribution in [0.15, 0.2) is 0 Å². The zero-order chi connectivity index (χ0) is 24.0. The fourth-order valence-corrected chi connectivity index (χ4v) is 3.04. The van der Waals surface area contributed by atoms with E-state index in [-0.39, 0.29) is 0 Å². The highest BCUT2D eigenvalue weighted by atomic mass is 19.4. The second-order valence-electron chi connectivity index (χ2n) is 7.58. The van der Waals surface area contributed by atoms with Gasteiger partial charge in [0.1, 0.15) is 0 Å². The summed E-state index contributed by atoms with van der Waals surface area (Å²) >= 11 is 0. The first-order valence-corrected chi connectivity index (χ1v) is 7.86. The van der Waals surface area contributed by atoms with Crippen LogP contribution in [0.4, 0.5) is 52.7 Å². The number of rotatable bonds is 1. The van der Waals surface area contributed by atoms with Crippen molar-refractivity contribution in [2.24, 2.45) is 0 Å². The molecule has 4 nitrogen and oxygen atoms in total. The number of halogens is 12. The molecule has 0 aromatic heterocycles. The lowest BCUT2D eigenvalue weighted by molar-refractivity contribution is -0.464. The van der Waals surface area contributed by atoms with E-state index in [1.165, 1.54) is 27.7 Å². The highest BCUT2D eigenvalue weighted by molar-refractivity contribution is 7.11. The summed E-state index contributed by atoms with van der Waals surface area (Å²) in [5, 5.41) is 0. The van der Waals surface area contributed by atoms with Crippen molar-refractivity contribution in [2.75, 3.05) is 0 Å². The van der Waals surface area contributed by atoms with E-state index in [0.29, 0.717) is 0 Å². The van der Waals surface area contributed by atoms with Gasteiger partial charge in [-0.2, -0.15) is 52.7 Å². The van der Waals surface area contributed by atoms with Gasteiger partial charge in [-0.1, -0.05) is 0 Å². The van der Waals surface area contributed by atoms with Crippen molar-refractivity contribution in [3.63, 3.8) is 0 Å². The Bertz CT molecular complexity index is 597. The van der Waals surface area contributed by atoms with Crippen LogP contribution in [-0.2, 0) is 18.6 Å². The second kappa shape index (κ2) is 6.34. The van der Waals surface area contributed by atoms with E-state index in [1.807, 2.05) is 0 Å². The quantitative estimate of drug-likeness (QED) is 0.421. The molecule has 2 fully saturated rings. The monoisotopic (exact) mass is 470 g/mol. The Hall–Kier alpha value is -0.870. The lowest BCUT2D eigenvalue weighted by atomic mass is 9.49. The molecule has 0 atom stereocenters. The summed E-state index contributed by atoms with van der Waals surface area (Å²) in [6.07, 6.45) is -29.1. The van der Waals surface area contributed by atoms with Crippen molar-refractivity contribution in [1.29, 1.82) is 0 Å². The molecule has 2 rings (SSSR count). The fraction of sp³-hybridized carbons (Fsp3) is 1.00. The Morgan fingerprint density at radius 1 is 0.433 bits per heavy atom. The summed E-state index contributed by atoms with van der Waals surface area (Å²) in [6, 6.07) is 0. The lowest BCUT2D eigenvalue weighted by Gasteiger charge is -2.46. The maximum Gasteiger partial charge on any atom is 0.489 e. The SMILES string of the molecule is CC1(C)OB(B2OC(C(F)(F)F)(C(F)(F)F)C(C(F)(F)F)(C(F)(F)F)O2)OC1(C)C. The molecule has 0 N–H and O–H groups in total. The predicted molar refractivity (Wildman–Crippen MR) is 73.7 cm³/mol. The molecule has 2 heterocycles. The molecule has 2 aliphatic rings. The molecule has 0 bridgehead atoms. The Morgan fingerprint density at radius 2 is 0.633 bits per heavy atom. The zero-order valence-electron chi connectivity index (χ0n) is 15.3. The highest BCUT2D eigenvalue weighted by Crippen LogP contribution is 2.66. The van der Waals surface area contributed by atoms with Gasteiger partial charge in [0.05, 0.1) is 11.2 Å². The van der Waals surface area contributed by atoms with Crippen LogP contribution in [0.2, 0.25) is 0 Å². The van der Waals surface area contributed by atoms with Crippen LogP contribution < -0.4 is 0 Å². The molecular weight excluding hydrogens is 458 g/mol. The molecule has 0 aromatic rings. The minimum atomic E-state index is -7.27. The number of hydrogen-bond donors (Lipinski definition) is 0. The third kappa shape index (κ3) is 3.11. The molecular formula is C12H12B2F12O4. The summed E-state index contributed by atoms with van der Waals surface area (Å²) in [6.45, 7) is 4.74. The first-order valence-electron chi connectivity index (χ1n) is 7.86. The molecule has 0 unspecified atom stereocenters. The Labute approximate surface area is 161 Å². The Balaban J connectivity index is 2.79. The van der Waals surface area contributed by atoms with Crippen LogP contribution in [0.3, 0.4) is 0 Å². The Morgan fingerprint density at radius 3 is 0.833 bits per heavy atom. The predicted octanol–water partition coefficient (Wildman–Crippen LogP) is 4.42. The number of alkyl halides is 12. The van der Waals surface area contributed by atoms with Gasteiger partial charge in [-0.15, -0.1) is 0 Å². The first-order chi connectivity index (χ1) is 12.9. The van der Waals surface area contributed by atoms with Crippen molar-refractivity contribution in [1.82, 2.24) is 0 Å². The third-order valence-corrected chi connectivity index (χ3v) is 5.17. The standard InChI is InChI=1S/C12H12B2F12O4/c1-5(2)6(3,4)28-13(27-5)14-29-7(9(15,16)17,10(18,19)20)8(30-14,11(21,22)23)12(24,25)26/h1-4H3. The summed E-state index contributed by atoms with van der Waals surface area (Å²) in [7, 11) is -6.07. The van der Waals surface area contributed by atoms with Crippen molar-refractivity contribution < 1.29 is 71.3 Å². The van der Waals surface area contributed by atoms with Crippen LogP contribution in [0.5, 0.6) is 0 Å². The van der Waals surface area contributed by atoms with E-state index in [2.05, 4.69) is 9.31 Å². The van der Waals surface area contributed by atoms with Crippen molar-refractivity contribution >= 4 is 14.0 Å². The average Bonchev–Trinajstić information content (AvgIpc) is 2.91. The maximum atomic E-state index is 13.4. The summed E-state index contributed by atoms with van der Waals surface area (Å²) < 4.78 is 178. The maximum absolute atomic E-state index is 13.4. The van der Waals surface area contributed by atoms with Crippen LogP contribution in [0.1, 0.15) is 27.7 Å². The van der Waals surface area contributed by atoms with Gasteiger partial charge in [-0.25, -0.2) is 0 Å². The molecule has 0 spiro atoms. The molecule has 2 aliphatic heterocycles. The van der Waals surface area contributed by atoms with Gasteiger partial charge < -0.3 is 18.6 Å². The fourth-order valence-electron chi connectivity index (χ4n) is 3.04. The smallest absolute Gasteiger partial charge is 0.405 e. The van der Waals surface area contributed by atoms with E-state index in [4.69, 9.17) is 9.31 Å². The molecule has 0 aliphatic carbocycles. The topological polar surface area (TPSA) is 36.9 Å². The van der Waals surface area contributed by atoms with Gasteiger partial charge in [0.25, 0.3) is 11.2 Å². The van der Waals surface area contributed by atoms with Crippen LogP contribution in [0, 0.1) is 0 Å². The van der Waals surface area contributed by atoms with Gasteiger partial charge in [-0.05, 0) is 27.7 Å². The average molecular weight is 470 g/mol. The first kappa shape index (κ1) is 25.4. The Kier molecular flexibility index (Phi) is 5.37. The summed E-state index contributed by atoms with van der Waals surface area (Å²) in [5.74, 6) is 0. The molecule has 0 radical (unpaired) electrons. The minimum absolute atomic E-state index is 1.18. The molecule has 0 amide bonds. The normalized spacial score (nSPS) is 26.4. The molecule has 30 heavy (non-hydrogen) atoms. The van der Waals surface area contributed by atoms with Crippen LogP contribution in [-0.4, -0.2) is 61.1 Å². The van der Waals surface area contributed by atoms with Gasteiger partial charge in [-0.3, -0.25) is 0 Å². The minimum Gasteiger partial charge on any atom is -0.405 e. The van der Waals surface area contributed by atoms with Gasteiger partial charge in [0, 0.05) is 0 Å². The third-order valence-electron chi connectivity index (χ3n) is 5.17. The molecule has 0 aromatic carbocycles. The second-order valence-corrected chi connectivity index (χ2v) is 7.58. The van der Waals surface area contributed by atoms with E-state index in [1.54, 1.807) is 0 Å². The van der Waals surface area contributed by atoms with Crippen LogP contribution in [0.25, 0.3) is 0 Å². The molecule has 2 saturated heterocycles. The zero-order valence-corrected chi connectivity index (χ0v) is 15.3. The molecule has 18 heteroatoms. The van der Waals surface area contributed by atoms with Gasteiger partial charge in [0.15, 0.2) is 0 Å². The molecule has 174 valence electrons. The van der Waals surface area contributed by atoms with Crippen LogP contribution >= 0.6 is 0 Å². The highest BCUT2D eigenvalue weighted by Gasteiger charge is 2.99. The molecule has 0 saturated carbocycles. The van der Waals surface area contributed by atoms with Crippen molar-refractivity contribution in [2.45, 2.75) is 74.8 Å². The summed E-state index contributed by atoms with van der Waals surface area (Å²) in [4.78, 5) is 0. The van der Waals surface area contributed by atoms with Gasteiger partial charge >= 0.3 is 38.7 Å². The van der Waals surface area contributed by atoms with Crippen molar-refractivity contribution in [3.8, 4) is 0 Å². The lowest BCUT2D eigenvalue weighted by Crippen LogP contribution is -2.79. The largest absolute Gasteiger partial charge is 0.489 e. The van der Waals surface area contributed by atoms with E-state index in [0.717, 1.165) is 0 Å².